The van der Waals surface area contributed by atoms with Crippen LogP contribution in [0.2, 0.25) is 0 Å². The number of hydrogen-bond donors (Lipinski definition) is 6. The van der Waals surface area contributed by atoms with Gasteiger partial charge in [0.2, 0.25) is 0 Å². The maximum atomic E-state index is 14.1. The van der Waals surface area contributed by atoms with Gasteiger partial charge in [0.05, 0.1) is 22.7 Å². The molecule has 0 fully saturated rings. The van der Waals surface area contributed by atoms with Crippen molar-refractivity contribution in [3.05, 3.63) is 131 Å². The van der Waals surface area contributed by atoms with Crippen LogP contribution < -0.4 is 41.7 Å². The molecular formula is C63H86Cl4N14O6. The van der Waals surface area contributed by atoms with E-state index in [1.807, 2.05) is 61.6 Å². The number of anilines is 6. The zero-order valence-electron chi connectivity index (χ0n) is 51.0. The number of nitrogens with zero attached hydrogens (tertiary/aromatic N) is 8. The van der Waals surface area contributed by atoms with Crippen molar-refractivity contribution in [2.45, 2.75) is 70.9 Å². The summed E-state index contributed by atoms with van der Waals surface area (Å²) in [6.07, 6.45) is 14.7. The van der Waals surface area contributed by atoms with E-state index in [0.717, 1.165) is 82.3 Å². The minimum absolute atomic E-state index is 0.238. The number of amides is 6. The van der Waals surface area contributed by atoms with Crippen molar-refractivity contribution in [1.82, 2.24) is 38.7 Å². The summed E-state index contributed by atoms with van der Waals surface area (Å²) in [4.78, 5) is 89.7. The van der Waals surface area contributed by atoms with Crippen LogP contribution in [-0.4, -0.2) is 168 Å². The average molecular weight is 1280 g/mol. The van der Waals surface area contributed by atoms with Gasteiger partial charge >= 0.3 is 0 Å². The molecule has 0 saturated carbocycles. The normalized spacial score (nSPS) is 11.3. The Morgan fingerprint density at radius 3 is 1.02 bits per heavy atom. The van der Waals surface area contributed by atoms with Crippen LogP contribution in [0.25, 0.3) is 0 Å². The minimum atomic E-state index is -0.389. The molecule has 4 heterocycles. The van der Waals surface area contributed by atoms with Crippen molar-refractivity contribution in [3.8, 4) is 0 Å². The summed E-state index contributed by atoms with van der Waals surface area (Å²) in [6, 6.07) is 21.1. The quantitative estimate of drug-likeness (QED) is 0.0160. The molecule has 87 heavy (non-hydrogen) atoms. The summed E-state index contributed by atoms with van der Waals surface area (Å²) in [6.45, 7) is 6.18. The van der Waals surface area contributed by atoms with Gasteiger partial charge in [-0.05, 0) is 140 Å². The third kappa shape index (κ3) is 21.7. The van der Waals surface area contributed by atoms with Crippen LogP contribution in [0.3, 0.4) is 0 Å². The van der Waals surface area contributed by atoms with Crippen molar-refractivity contribution >= 4 is 116 Å². The zero-order chi connectivity index (χ0) is 62.8. The summed E-state index contributed by atoms with van der Waals surface area (Å²) < 4.78 is 7.06. The van der Waals surface area contributed by atoms with Gasteiger partial charge in [0.1, 0.15) is 22.8 Å². The lowest BCUT2D eigenvalue weighted by molar-refractivity contribution is 0.0936. The molecule has 6 N–H and O–H groups in total. The zero-order valence-corrected chi connectivity index (χ0v) is 54.1. The first-order chi connectivity index (χ1) is 41.9. The molecule has 4 aromatic heterocycles. The van der Waals surface area contributed by atoms with Gasteiger partial charge < -0.3 is 69.8 Å². The van der Waals surface area contributed by atoms with Crippen LogP contribution in [0.5, 0.6) is 0 Å². The number of nitrogens with one attached hydrogen (secondary N) is 6. The molecule has 0 atom stereocenters. The van der Waals surface area contributed by atoms with Gasteiger partial charge in [-0.15, -0.1) is 46.4 Å². The van der Waals surface area contributed by atoms with E-state index in [-0.39, 0.29) is 35.4 Å². The van der Waals surface area contributed by atoms with Gasteiger partial charge in [0.15, 0.2) is 0 Å². The third-order valence-electron chi connectivity index (χ3n) is 14.6. The molecule has 0 unspecified atom stereocenters. The highest BCUT2D eigenvalue weighted by molar-refractivity contribution is 6.19. The molecule has 0 spiro atoms. The van der Waals surface area contributed by atoms with E-state index < -0.39 is 0 Å². The second kappa shape index (κ2) is 35.8. The Morgan fingerprint density at radius 2 is 0.690 bits per heavy atom. The van der Waals surface area contributed by atoms with E-state index in [1.54, 1.807) is 96.5 Å². The number of halogens is 4. The minimum Gasteiger partial charge on any atom is -0.369 e. The number of benzene rings is 2. The molecule has 2 aromatic carbocycles. The number of carbonyl (C=O) groups is 6. The summed E-state index contributed by atoms with van der Waals surface area (Å²) in [5.41, 5.74) is 6.05. The molecule has 6 aromatic rings. The van der Waals surface area contributed by atoms with E-state index in [0.29, 0.717) is 133 Å². The first-order valence-corrected chi connectivity index (χ1v) is 31.8. The highest BCUT2D eigenvalue weighted by Crippen LogP contribution is 2.25. The van der Waals surface area contributed by atoms with Gasteiger partial charge in [-0.1, -0.05) is 32.1 Å². The third-order valence-corrected chi connectivity index (χ3v) is 15.3. The molecule has 472 valence electrons. The van der Waals surface area contributed by atoms with Gasteiger partial charge in [-0.2, -0.15) is 0 Å². The first kappa shape index (κ1) is 69.2. The van der Waals surface area contributed by atoms with Crippen molar-refractivity contribution in [2.75, 3.05) is 135 Å². The fraction of sp³-hybridized carbons (Fsp3) is 0.460. The fourth-order valence-corrected chi connectivity index (χ4v) is 10.9. The van der Waals surface area contributed by atoms with Crippen LogP contribution in [0.4, 0.5) is 34.1 Å². The maximum Gasteiger partial charge on any atom is 0.272 e. The highest BCUT2D eigenvalue weighted by atomic mass is 35.5. The second-order valence-electron chi connectivity index (χ2n) is 22.0. The summed E-state index contributed by atoms with van der Waals surface area (Å²) in [5.74, 6) is -0.186. The molecule has 6 amide bonds. The lowest BCUT2D eigenvalue weighted by Gasteiger charge is -2.22. The number of rotatable bonds is 38. The second-order valence-corrected chi connectivity index (χ2v) is 23.5. The number of aryl methyl sites for hydroxylation is 4. The molecule has 6 rings (SSSR count). The predicted octanol–water partition coefficient (Wildman–Crippen LogP) is 10.3. The summed E-state index contributed by atoms with van der Waals surface area (Å²) >= 11 is 24.1. The fourth-order valence-electron chi connectivity index (χ4n) is 10.0. The van der Waals surface area contributed by atoms with Crippen molar-refractivity contribution in [3.63, 3.8) is 0 Å². The first-order valence-electron chi connectivity index (χ1n) is 29.7. The van der Waals surface area contributed by atoms with E-state index in [1.165, 1.54) is 0 Å². The van der Waals surface area contributed by atoms with Gasteiger partial charge in [-0.25, -0.2) is 0 Å². The van der Waals surface area contributed by atoms with Crippen molar-refractivity contribution in [2.24, 2.45) is 14.1 Å². The van der Waals surface area contributed by atoms with Crippen LogP contribution in [0, 0.1) is 0 Å². The summed E-state index contributed by atoms with van der Waals surface area (Å²) in [7, 11) is 11.4. The lowest BCUT2D eigenvalue weighted by Crippen LogP contribution is -2.28. The molecule has 0 aliphatic heterocycles. The Balaban J connectivity index is 1.08. The number of hydrogen-bond acceptors (Lipinski definition) is 10. The van der Waals surface area contributed by atoms with Crippen LogP contribution in [0.15, 0.2) is 97.6 Å². The Hall–Kier alpha value is -6.94. The number of carbonyl (C=O) groups excluding carboxylic acids is 6. The van der Waals surface area contributed by atoms with Gasteiger partial charge in [-0.3, -0.25) is 28.8 Å². The molecular weight excluding hydrogens is 1190 g/mol. The Kier molecular flexibility index (Phi) is 28.4. The van der Waals surface area contributed by atoms with Gasteiger partial charge in [0.25, 0.3) is 35.4 Å². The topological polar surface area (TPSA) is 207 Å². The van der Waals surface area contributed by atoms with Crippen molar-refractivity contribution in [1.29, 1.82) is 0 Å². The maximum absolute atomic E-state index is 14.1. The SMILES string of the molecule is CN(C)CCCNC(=O)c1cc(NC(=O)c2cc(NC(=O)c3ccc(N(CCCl)CCCl)cc3)cn2CCCCCCCCCn2cc(NC(=O)c3ccc(N(CCCl)CCCl)cc3)cc2C(=O)Nc2cc(C(=O)NCCCN(C)C)n(C)c2)cn1C. The molecule has 0 radical (unpaired) electrons. The standard InChI is InChI=1S/C63H86Cl4N14O6/c1-74(2)30-14-28-68-60(84)54-38-48(42-76(54)5)72-62(86)56-40-50(70-58(82)46-16-20-52(21-17-46)78(34-24-64)35-25-65)44-80(56)32-12-10-8-7-9-11-13-33-81-45-51(71-59(83)47-18-22-53(23-19-47)79(36-26-66)37-27-67)41-57(81)63(87)73-49-39-55(77(6)43-49)61(85)69-29-15-31-75(3)4/h16-23,38-45H,7-15,24-37H2,1-6H3,(H,68,84)(H,69,85)(H,70,82)(H,71,83)(H,72,86)(H,73,87). The number of unbranched alkanes of at least 4 members (excludes halogenated alkanes) is 6. The van der Waals surface area contributed by atoms with E-state index in [4.69, 9.17) is 46.4 Å². The number of aromatic nitrogens is 4. The van der Waals surface area contributed by atoms with E-state index in [9.17, 15) is 28.8 Å². The van der Waals surface area contributed by atoms with E-state index in [2.05, 4.69) is 51.5 Å². The van der Waals surface area contributed by atoms with Crippen LogP contribution in [0.1, 0.15) is 120 Å². The molecule has 24 heteroatoms. The monoisotopic (exact) mass is 1270 g/mol. The Labute approximate surface area is 532 Å². The van der Waals surface area contributed by atoms with Crippen LogP contribution >= 0.6 is 46.4 Å². The van der Waals surface area contributed by atoms with Crippen LogP contribution in [-0.2, 0) is 27.2 Å². The smallest absolute Gasteiger partial charge is 0.272 e. The number of alkyl halides is 4. The Morgan fingerprint density at radius 1 is 0.379 bits per heavy atom. The largest absolute Gasteiger partial charge is 0.369 e. The highest BCUT2D eigenvalue weighted by Gasteiger charge is 2.22. The lowest BCUT2D eigenvalue weighted by atomic mass is 10.1. The summed E-state index contributed by atoms with van der Waals surface area (Å²) in [5, 5.41) is 17.8. The average Bonchev–Trinajstić information content (AvgIpc) is 2.95. The molecule has 0 saturated heterocycles. The molecule has 20 nitrogen and oxygen atoms in total. The van der Waals surface area contributed by atoms with Crippen molar-refractivity contribution < 1.29 is 28.8 Å². The van der Waals surface area contributed by atoms with Gasteiger partial charge in [0, 0.05) is 137 Å². The van der Waals surface area contributed by atoms with E-state index >= 15 is 0 Å². The molecule has 0 aliphatic rings. The predicted molar refractivity (Wildman–Crippen MR) is 355 cm³/mol. The molecule has 0 bridgehead atoms. The molecule has 0 aliphatic carbocycles. The Bertz CT molecular complexity index is 2950.